The highest BCUT2D eigenvalue weighted by Gasteiger charge is 2.16. The molecule has 0 saturated heterocycles. The third-order valence-electron chi connectivity index (χ3n) is 5.95. The van der Waals surface area contributed by atoms with Gasteiger partial charge in [-0.15, -0.1) is 0 Å². The molecule has 2 aliphatic rings. The standard InChI is InChI=1S/C27H27N3O/c1-4-13-28-24-17-26-27(22-15-19-10-8-7-9-18(19)14-21(22)24)29-23-12-11-20(16-25(23)31-26)30(5-2)6-3/h7-12,14-17H,4-6,13H2,1-3H3. The Morgan fingerprint density at radius 1 is 0.871 bits per heavy atom. The average Bonchev–Trinajstić information content (AvgIpc) is 2.81. The summed E-state index contributed by atoms with van der Waals surface area (Å²) in [5.41, 5.74) is 3.72. The van der Waals surface area contributed by atoms with Crippen molar-refractivity contribution in [2.24, 2.45) is 4.99 Å². The Morgan fingerprint density at radius 2 is 1.61 bits per heavy atom. The van der Waals surface area contributed by atoms with Gasteiger partial charge in [-0.05, 0) is 55.3 Å². The normalized spacial score (nSPS) is 12.4. The van der Waals surface area contributed by atoms with Crippen molar-refractivity contribution in [3.05, 3.63) is 66.0 Å². The summed E-state index contributed by atoms with van der Waals surface area (Å²) in [5, 5.41) is 5.59. The molecule has 1 heterocycles. The van der Waals surface area contributed by atoms with Crippen LogP contribution in [0.5, 0.6) is 0 Å². The van der Waals surface area contributed by atoms with Gasteiger partial charge in [0.2, 0.25) is 0 Å². The summed E-state index contributed by atoms with van der Waals surface area (Å²) in [6, 6.07) is 21.2. The molecule has 0 saturated carbocycles. The number of anilines is 1. The van der Waals surface area contributed by atoms with Crippen LogP contribution in [0.15, 0.2) is 70.1 Å². The van der Waals surface area contributed by atoms with Crippen LogP contribution >= 0.6 is 0 Å². The number of aromatic nitrogens is 1. The zero-order valence-electron chi connectivity index (χ0n) is 18.4. The van der Waals surface area contributed by atoms with Gasteiger partial charge < -0.3 is 9.32 Å². The molecule has 0 radical (unpaired) electrons. The summed E-state index contributed by atoms with van der Waals surface area (Å²) < 4.78 is 6.42. The lowest BCUT2D eigenvalue weighted by Crippen LogP contribution is -2.21. The Balaban J connectivity index is 1.85. The third-order valence-corrected chi connectivity index (χ3v) is 5.95. The van der Waals surface area contributed by atoms with Gasteiger partial charge >= 0.3 is 0 Å². The maximum Gasteiger partial charge on any atom is 0.155 e. The van der Waals surface area contributed by atoms with Crippen molar-refractivity contribution in [2.75, 3.05) is 24.5 Å². The van der Waals surface area contributed by atoms with E-state index in [1.165, 1.54) is 10.8 Å². The number of hydrogen-bond acceptors (Lipinski definition) is 4. The van der Waals surface area contributed by atoms with Crippen molar-refractivity contribution >= 4 is 38.3 Å². The molecule has 3 aromatic carbocycles. The summed E-state index contributed by atoms with van der Waals surface area (Å²) in [6.07, 6.45) is 1.01. The maximum atomic E-state index is 6.42. The van der Waals surface area contributed by atoms with Gasteiger partial charge in [0, 0.05) is 48.2 Å². The van der Waals surface area contributed by atoms with Crippen LogP contribution < -0.4 is 10.3 Å². The molecule has 0 fully saturated rings. The fourth-order valence-electron chi connectivity index (χ4n) is 4.31. The smallest absolute Gasteiger partial charge is 0.155 e. The topological polar surface area (TPSA) is 41.6 Å². The Hall–Kier alpha value is -3.40. The first-order chi connectivity index (χ1) is 15.2. The van der Waals surface area contributed by atoms with Crippen molar-refractivity contribution < 1.29 is 4.42 Å². The molecule has 0 spiro atoms. The molecule has 1 aliphatic heterocycles. The predicted octanol–water partition coefficient (Wildman–Crippen LogP) is 6.40. The lowest BCUT2D eigenvalue weighted by atomic mass is 9.99. The van der Waals surface area contributed by atoms with Crippen molar-refractivity contribution in [3.8, 4) is 11.5 Å². The number of nitrogens with zero attached hydrogens (tertiary/aromatic N) is 3. The summed E-state index contributed by atoms with van der Waals surface area (Å²) in [6.45, 7) is 9.20. The van der Waals surface area contributed by atoms with E-state index < -0.39 is 0 Å². The minimum absolute atomic E-state index is 0.779. The molecule has 1 aliphatic carbocycles. The molecule has 0 bridgehead atoms. The van der Waals surface area contributed by atoms with E-state index in [1.807, 2.05) is 0 Å². The Bertz CT molecular complexity index is 1430. The summed E-state index contributed by atoms with van der Waals surface area (Å²) >= 11 is 0. The van der Waals surface area contributed by atoms with Crippen LogP contribution in [0, 0.1) is 0 Å². The largest absolute Gasteiger partial charge is 0.453 e. The van der Waals surface area contributed by atoms with E-state index in [0.717, 1.165) is 70.4 Å². The van der Waals surface area contributed by atoms with E-state index in [-0.39, 0.29) is 0 Å². The van der Waals surface area contributed by atoms with E-state index in [9.17, 15) is 0 Å². The minimum atomic E-state index is 0.779. The van der Waals surface area contributed by atoms with Gasteiger partial charge in [0.1, 0.15) is 11.2 Å². The molecular weight excluding hydrogens is 382 g/mol. The molecule has 4 heteroatoms. The lowest BCUT2D eigenvalue weighted by molar-refractivity contribution is 0.613. The average molecular weight is 410 g/mol. The fourth-order valence-corrected chi connectivity index (χ4v) is 4.31. The molecule has 0 atom stereocenters. The molecule has 3 aromatic rings. The molecule has 31 heavy (non-hydrogen) atoms. The Kier molecular flexibility index (Phi) is 5.06. The molecule has 0 aromatic heterocycles. The summed E-state index contributed by atoms with van der Waals surface area (Å²) in [4.78, 5) is 12.2. The molecule has 4 nitrogen and oxygen atoms in total. The van der Waals surface area contributed by atoms with Gasteiger partial charge in [0.15, 0.2) is 11.3 Å². The predicted molar refractivity (Wildman–Crippen MR) is 130 cm³/mol. The molecular formula is C27H27N3O. The molecule has 0 N–H and O–H groups in total. The van der Waals surface area contributed by atoms with Crippen LogP contribution in [0.2, 0.25) is 0 Å². The molecule has 156 valence electrons. The van der Waals surface area contributed by atoms with E-state index in [0.29, 0.717) is 0 Å². The summed E-state index contributed by atoms with van der Waals surface area (Å²) in [5.74, 6) is 0.779. The van der Waals surface area contributed by atoms with Crippen LogP contribution in [-0.4, -0.2) is 24.6 Å². The van der Waals surface area contributed by atoms with Gasteiger partial charge in [-0.3, -0.25) is 4.99 Å². The highest BCUT2D eigenvalue weighted by Crippen LogP contribution is 2.33. The van der Waals surface area contributed by atoms with Crippen molar-refractivity contribution in [1.29, 1.82) is 0 Å². The van der Waals surface area contributed by atoms with Crippen LogP contribution in [0.25, 0.3) is 44.1 Å². The zero-order chi connectivity index (χ0) is 21.4. The minimum Gasteiger partial charge on any atom is -0.453 e. The maximum absolute atomic E-state index is 6.42. The van der Waals surface area contributed by atoms with E-state index in [1.54, 1.807) is 0 Å². The number of benzene rings is 4. The molecule has 0 unspecified atom stereocenters. The van der Waals surface area contributed by atoms with Crippen molar-refractivity contribution in [3.63, 3.8) is 0 Å². The lowest BCUT2D eigenvalue weighted by Gasteiger charge is -2.21. The van der Waals surface area contributed by atoms with Crippen molar-refractivity contribution in [2.45, 2.75) is 27.2 Å². The van der Waals surface area contributed by atoms with Crippen LogP contribution in [-0.2, 0) is 0 Å². The van der Waals surface area contributed by atoms with E-state index in [2.05, 4.69) is 86.3 Å². The SMILES string of the molecule is CCCN=c1cc2oc3cc(N(CC)CC)ccc3nc-2c2cc3ccccc3cc12. The molecule has 5 rings (SSSR count). The quantitative estimate of drug-likeness (QED) is 0.249. The molecule has 0 amide bonds. The van der Waals surface area contributed by atoms with Gasteiger partial charge in [-0.1, -0.05) is 31.2 Å². The van der Waals surface area contributed by atoms with Crippen LogP contribution in [0.3, 0.4) is 0 Å². The zero-order valence-corrected chi connectivity index (χ0v) is 18.4. The first kappa shape index (κ1) is 19.6. The van der Waals surface area contributed by atoms with E-state index in [4.69, 9.17) is 14.4 Å². The number of rotatable bonds is 5. The second-order valence-electron chi connectivity index (χ2n) is 7.91. The second-order valence-corrected chi connectivity index (χ2v) is 7.91. The van der Waals surface area contributed by atoms with Gasteiger partial charge in [-0.2, -0.15) is 0 Å². The number of fused-ring (bicyclic) bond motifs is 5. The first-order valence-corrected chi connectivity index (χ1v) is 11.2. The first-order valence-electron chi connectivity index (χ1n) is 11.2. The highest BCUT2D eigenvalue weighted by atomic mass is 16.3. The number of hydrogen-bond donors (Lipinski definition) is 0. The fraction of sp³-hybridized carbons (Fsp3) is 0.259. The van der Waals surface area contributed by atoms with Crippen LogP contribution in [0.4, 0.5) is 5.69 Å². The Labute approximate surface area is 182 Å². The Morgan fingerprint density at radius 3 is 2.32 bits per heavy atom. The monoisotopic (exact) mass is 409 g/mol. The second kappa shape index (κ2) is 8.03. The summed E-state index contributed by atoms with van der Waals surface area (Å²) in [7, 11) is 0. The van der Waals surface area contributed by atoms with Crippen molar-refractivity contribution in [1.82, 2.24) is 4.98 Å². The third kappa shape index (κ3) is 3.42. The highest BCUT2D eigenvalue weighted by molar-refractivity contribution is 6.04. The van der Waals surface area contributed by atoms with Gasteiger partial charge in [0.25, 0.3) is 0 Å². The van der Waals surface area contributed by atoms with Gasteiger partial charge in [0.05, 0.1) is 5.36 Å². The van der Waals surface area contributed by atoms with Crippen LogP contribution in [0.1, 0.15) is 27.2 Å². The van der Waals surface area contributed by atoms with Gasteiger partial charge in [-0.25, -0.2) is 4.98 Å². The van der Waals surface area contributed by atoms with E-state index >= 15 is 0 Å².